The van der Waals surface area contributed by atoms with Gasteiger partial charge in [0.25, 0.3) is 11.5 Å². The summed E-state index contributed by atoms with van der Waals surface area (Å²) in [6.45, 7) is 6.06. The van der Waals surface area contributed by atoms with E-state index in [1.54, 1.807) is 30.5 Å². The number of benzene rings is 3. The van der Waals surface area contributed by atoms with Crippen LogP contribution in [0.3, 0.4) is 0 Å². The lowest BCUT2D eigenvalue weighted by Crippen LogP contribution is -2.22. The van der Waals surface area contributed by atoms with Gasteiger partial charge < -0.3 is 14.8 Å². The van der Waals surface area contributed by atoms with Crippen molar-refractivity contribution >= 4 is 44.6 Å². The predicted octanol–water partition coefficient (Wildman–Crippen LogP) is 5.72. The van der Waals surface area contributed by atoms with Gasteiger partial charge in [0.15, 0.2) is 18.1 Å². The molecule has 0 bridgehead atoms. The fourth-order valence-corrected chi connectivity index (χ4v) is 4.22. The Bertz CT molecular complexity index is 1550. The maximum atomic E-state index is 13.2. The van der Waals surface area contributed by atoms with Crippen LogP contribution in [-0.4, -0.2) is 35.0 Å². The van der Waals surface area contributed by atoms with Crippen molar-refractivity contribution in [3.05, 3.63) is 92.4 Å². The number of ether oxygens (including phenoxy) is 2. The third-order valence-electron chi connectivity index (χ3n) is 5.72. The van der Waals surface area contributed by atoms with E-state index in [1.165, 1.54) is 4.68 Å². The van der Waals surface area contributed by atoms with Gasteiger partial charge in [-0.25, -0.2) is 4.98 Å². The molecule has 1 aromatic heterocycles. The zero-order chi connectivity index (χ0) is 27.1. The van der Waals surface area contributed by atoms with Crippen molar-refractivity contribution in [1.29, 1.82) is 0 Å². The van der Waals surface area contributed by atoms with Crippen molar-refractivity contribution in [2.45, 2.75) is 33.6 Å². The number of nitrogens with zero attached hydrogens (tertiary/aromatic N) is 3. The molecule has 0 fully saturated rings. The van der Waals surface area contributed by atoms with Crippen LogP contribution in [0, 0.1) is 6.92 Å². The van der Waals surface area contributed by atoms with Crippen molar-refractivity contribution in [2.75, 3.05) is 18.5 Å². The van der Waals surface area contributed by atoms with Gasteiger partial charge >= 0.3 is 0 Å². The van der Waals surface area contributed by atoms with E-state index in [4.69, 9.17) is 9.47 Å². The lowest BCUT2D eigenvalue weighted by Gasteiger charge is -2.13. The molecule has 4 aromatic rings. The van der Waals surface area contributed by atoms with Crippen LogP contribution in [0.1, 0.15) is 37.2 Å². The molecule has 0 spiro atoms. The fourth-order valence-electron chi connectivity index (χ4n) is 3.86. The minimum atomic E-state index is -0.273. The Morgan fingerprint density at radius 3 is 2.66 bits per heavy atom. The molecule has 38 heavy (non-hydrogen) atoms. The first-order chi connectivity index (χ1) is 18.4. The Morgan fingerprint density at radius 2 is 1.89 bits per heavy atom. The maximum absolute atomic E-state index is 13.2. The second kappa shape index (κ2) is 12.5. The van der Waals surface area contributed by atoms with E-state index < -0.39 is 0 Å². The van der Waals surface area contributed by atoms with Gasteiger partial charge in [0.05, 0.1) is 23.7 Å². The minimum Gasteiger partial charge on any atom is -0.490 e. The summed E-state index contributed by atoms with van der Waals surface area (Å²) in [4.78, 5) is 30.3. The van der Waals surface area contributed by atoms with Crippen LogP contribution in [-0.2, 0) is 11.2 Å². The highest BCUT2D eigenvalue weighted by atomic mass is 79.9. The first-order valence-corrected chi connectivity index (χ1v) is 13.2. The van der Waals surface area contributed by atoms with Crippen LogP contribution in [0.2, 0.25) is 0 Å². The third kappa shape index (κ3) is 6.47. The smallest absolute Gasteiger partial charge is 0.282 e. The molecule has 0 aliphatic rings. The Hall–Kier alpha value is -3.98. The summed E-state index contributed by atoms with van der Waals surface area (Å²) >= 11 is 3.42. The number of aromatic nitrogens is 2. The van der Waals surface area contributed by atoms with Crippen molar-refractivity contribution in [1.82, 2.24) is 9.66 Å². The number of hydrogen-bond acceptors (Lipinski definition) is 6. The predicted molar refractivity (Wildman–Crippen MR) is 154 cm³/mol. The number of hydrogen-bond donors (Lipinski definition) is 1. The van der Waals surface area contributed by atoms with Crippen molar-refractivity contribution in [3.8, 4) is 11.5 Å². The normalized spacial score (nSPS) is 11.2. The Kier molecular flexibility index (Phi) is 8.91. The molecule has 0 unspecified atom stereocenters. The highest BCUT2D eigenvalue weighted by Gasteiger charge is 2.12. The van der Waals surface area contributed by atoms with Gasteiger partial charge in [0, 0.05) is 16.6 Å². The number of carbonyl (C=O) groups excluding carboxylic acids is 1. The fraction of sp³-hybridized carbons (Fsp3) is 0.241. The van der Waals surface area contributed by atoms with Gasteiger partial charge in [-0.1, -0.05) is 41.1 Å². The number of amides is 1. The van der Waals surface area contributed by atoms with Crippen LogP contribution in [0.5, 0.6) is 11.5 Å². The van der Waals surface area contributed by atoms with E-state index >= 15 is 0 Å². The zero-order valence-electron chi connectivity index (χ0n) is 21.5. The average Bonchev–Trinajstić information content (AvgIpc) is 2.90. The third-order valence-corrected chi connectivity index (χ3v) is 6.21. The molecule has 0 aliphatic heterocycles. The van der Waals surface area contributed by atoms with E-state index in [1.807, 2.05) is 57.2 Å². The summed E-state index contributed by atoms with van der Waals surface area (Å²) in [5.74, 6) is 1.23. The topological polar surface area (TPSA) is 94.8 Å². The van der Waals surface area contributed by atoms with Crippen molar-refractivity contribution in [3.63, 3.8) is 0 Å². The summed E-state index contributed by atoms with van der Waals surface area (Å²) in [5, 5.41) is 7.81. The lowest BCUT2D eigenvalue weighted by molar-refractivity contribution is -0.118. The average molecular weight is 577 g/mol. The van der Waals surface area contributed by atoms with Crippen molar-refractivity contribution < 1.29 is 14.3 Å². The molecular formula is C29H29BrN4O4. The molecule has 1 N–H and O–H groups in total. The number of nitrogens with one attached hydrogen (secondary N) is 1. The molecule has 196 valence electrons. The van der Waals surface area contributed by atoms with Gasteiger partial charge in [-0.3, -0.25) is 9.59 Å². The van der Waals surface area contributed by atoms with E-state index in [0.717, 1.165) is 22.1 Å². The number of carbonyl (C=O) groups is 1. The quantitative estimate of drug-likeness (QED) is 0.244. The van der Waals surface area contributed by atoms with Crippen LogP contribution in [0.4, 0.5) is 5.69 Å². The van der Waals surface area contributed by atoms with Gasteiger partial charge in [0.2, 0.25) is 0 Å². The minimum absolute atomic E-state index is 0.171. The van der Waals surface area contributed by atoms with E-state index in [2.05, 4.69) is 31.3 Å². The molecule has 0 saturated heterocycles. The number of anilines is 1. The largest absolute Gasteiger partial charge is 0.490 e. The first kappa shape index (κ1) is 27.1. The molecule has 4 rings (SSSR count). The van der Waals surface area contributed by atoms with Crippen LogP contribution < -0.4 is 20.3 Å². The van der Waals surface area contributed by atoms with Gasteiger partial charge in [0.1, 0.15) is 5.82 Å². The monoisotopic (exact) mass is 576 g/mol. The number of fused-ring (bicyclic) bond motifs is 1. The zero-order valence-corrected chi connectivity index (χ0v) is 23.1. The molecule has 0 atom stereocenters. The summed E-state index contributed by atoms with van der Waals surface area (Å²) < 4.78 is 13.7. The van der Waals surface area contributed by atoms with Crippen LogP contribution >= 0.6 is 15.9 Å². The molecule has 1 amide bonds. The standard InChI is InChI=1S/C29H29BrN4O4/c1-4-8-27-32-24-13-12-21(30)16-22(24)29(36)34(27)31-17-20-11-14-25(26(15-20)37-5-2)38-18-28(35)33-23-10-7-6-9-19(23)3/h6-7,9-17H,4-5,8,18H2,1-3H3,(H,33,35). The van der Waals surface area contributed by atoms with Crippen LogP contribution in [0.15, 0.2) is 75.0 Å². The van der Waals surface area contributed by atoms with Gasteiger partial charge in [-0.15, -0.1) is 0 Å². The summed E-state index contributed by atoms with van der Waals surface area (Å²) in [6, 6.07) is 18.3. The Labute approximate surface area is 229 Å². The van der Waals surface area contributed by atoms with Gasteiger partial charge in [-0.2, -0.15) is 9.78 Å². The number of para-hydroxylation sites is 1. The molecule has 3 aromatic carbocycles. The van der Waals surface area contributed by atoms with E-state index in [0.29, 0.717) is 46.8 Å². The van der Waals surface area contributed by atoms with E-state index in [-0.39, 0.29) is 18.1 Å². The molecule has 0 radical (unpaired) electrons. The van der Waals surface area contributed by atoms with E-state index in [9.17, 15) is 9.59 Å². The highest BCUT2D eigenvalue weighted by molar-refractivity contribution is 9.10. The summed E-state index contributed by atoms with van der Waals surface area (Å²) in [6.07, 6.45) is 3.02. The summed E-state index contributed by atoms with van der Waals surface area (Å²) in [7, 11) is 0. The molecule has 0 saturated carbocycles. The lowest BCUT2D eigenvalue weighted by atomic mass is 10.2. The number of aryl methyl sites for hydroxylation is 2. The maximum Gasteiger partial charge on any atom is 0.282 e. The Morgan fingerprint density at radius 1 is 1.08 bits per heavy atom. The number of halogens is 1. The number of rotatable bonds is 10. The highest BCUT2D eigenvalue weighted by Crippen LogP contribution is 2.28. The second-order valence-electron chi connectivity index (χ2n) is 8.59. The summed E-state index contributed by atoms with van der Waals surface area (Å²) in [5.41, 5.74) is 2.81. The second-order valence-corrected chi connectivity index (χ2v) is 9.51. The first-order valence-electron chi connectivity index (χ1n) is 12.4. The molecule has 0 aliphatic carbocycles. The van der Waals surface area contributed by atoms with Gasteiger partial charge in [-0.05, 0) is 73.9 Å². The van der Waals surface area contributed by atoms with Crippen molar-refractivity contribution in [2.24, 2.45) is 5.10 Å². The molecule has 1 heterocycles. The Balaban J connectivity index is 1.56. The van der Waals surface area contributed by atoms with Crippen LogP contribution in [0.25, 0.3) is 10.9 Å². The molecule has 9 heteroatoms. The SMILES string of the molecule is CCCc1nc2ccc(Br)cc2c(=O)n1N=Cc1ccc(OCC(=O)Nc2ccccc2C)c(OCC)c1. The molecule has 8 nitrogen and oxygen atoms in total. The molecular weight excluding hydrogens is 548 g/mol.